The number of carbonyl (C=O) groups excluding carboxylic acids is 2. The summed E-state index contributed by atoms with van der Waals surface area (Å²) >= 11 is 0. The van der Waals surface area contributed by atoms with Gasteiger partial charge in [-0.3, -0.25) is 9.59 Å². The largest absolute Gasteiger partial charge is 0.368 e. The predicted molar refractivity (Wildman–Crippen MR) is 54.3 cm³/mol. The predicted octanol–water partition coefficient (Wildman–Crippen LogP) is -0.554. The van der Waals surface area contributed by atoms with Gasteiger partial charge in [0.1, 0.15) is 0 Å². The van der Waals surface area contributed by atoms with Crippen molar-refractivity contribution >= 4 is 11.8 Å². The van der Waals surface area contributed by atoms with E-state index in [-0.39, 0.29) is 18.5 Å². The van der Waals surface area contributed by atoms with E-state index in [9.17, 15) is 9.59 Å². The van der Waals surface area contributed by atoms with Gasteiger partial charge in [0.2, 0.25) is 11.8 Å². The van der Waals surface area contributed by atoms with Crippen LogP contribution in [0.2, 0.25) is 0 Å². The lowest BCUT2D eigenvalue weighted by Gasteiger charge is -2.27. The van der Waals surface area contributed by atoms with Crippen molar-refractivity contribution in [3.8, 4) is 0 Å². The molecule has 0 aromatic carbocycles. The molecule has 4 N–H and O–H groups in total. The van der Waals surface area contributed by atoms with Gasteiger partial charge in [-0.15, -0.1) is 0 Å². The van der Waals surface area contributed by atoms with Crippen molar-refractivity contribution in [2.45, 2.75) is 39.3 Å². The van der Waals surface area contributed by atoms with Gasteiger partial charge in [0.25, 0.3) is 0 Å². The minimum atomic E-state index is -0.545. The molecule has 0 radical (unpaired) electrons. The van der Waals surface area contributed by atoms with Gasteiger partial charge >= 0.3 is 0 Å². The van der Waals surface area contributed by atoms with E-state index in [1.165, 1.54) is 4.90 Å². The molecule has 0 saturated carbocycles. The minimum Gasteiger partial charge on any atom is -0.368 e. The minimum absolute atomic E-state index is 0.0624. The van der Waals surface area contributed by atoms with Gasteiger partial charge in [-0.05, 0) is 20.3 Å². The molecule has 14 heavy (non-hydrogen) atoms. The highest BCUT2D eigenvalue weighted by molar-refractivity contribution is 5.86. The lowest BCUT2D eigenvalue weighted by Crippen LogP contribution is -2.49. The fourth-order valence-electron chi connectivity index (χ4n) is 1.07. The van der Waals surface area contributed by atoms with Crippen LogP contribution in [0.1, 0.15) is 27.2 Å². The Morgan fingerprint density at radius 1 is 1.36 bits per heavy atom. The van der Waals surface area contributed by atoms with Gasteiger partial charge < -0.3 is 16.4 Å². The number of rotatable bonds is 5. The van der Waals surface area contributed by atoms with E-state index in [0.717, 1.165) is 0 Å². The fraction of sp³-hybridized carbons (Fsp3) is 0.778. The Balaban J connectivity index is 4.49. The summed E-state index contributed by atoms with van der Waals surface area (Å²) in [6, 6.07) is -0.607. The molecule has 0 rings (SSSR count). The Labute approximate surface area is 84.4 Å². The molecule has 5 heteroatoms. The molecule has 2 amide bonds. The molecular weight excluding hydrogens is 182 g/mol. The number of nitrogens with zero attached hydrogens (tertiary/aromatic N) is 1. The lowest BCUT2D eigenvalue weighted by molar-refractivity contribution is -0.138. The summed E-state index contributed by atoms with van der Waals surface area (Å²) in [6.45, 7) is 5.40. The van der Waals surface area contributed by atoms with Crippen LogP contribution in [0.3, 0.4) is 0 Å². The van der Waals surface area contributed by atoms with E-state index < -0.39 is 11.9 Å². The molecule has 0 aliphatic heterocycles. The molecule has 0 aromatic rings. The highest BCUT2D eigenvalue weighted by Gasteiger charge is 2.23. The number of carbonyl (C=O) groups is 2. The van der Waals surface area contributed by atoms with Crippen LogP contribution in [0.25, 0.3) is 0 Å². The number of amides is 2. The zero-order valence-electron chi connectivity index (χ0n) is 8.99. The maximum Gasteiger partial charge on any atom is 0.240 e. The molecule has 0 spiro atoms. The van der Waals surface area contributed by atoms with E-state index in [2.05, 4.69) is 0 Å². The Morgan fingerprint density at radius 2 is 1.86 bits per heavy atom. The summed E-state index contributed by atoms with van der Waals surface area (Å²) in [4.78, 5) is 23.8. The van der Waals surface area contributed by atoms with Crippen molar-refractivity contribution in [2.24, 2.45) is 11.5 Å². The van der Waals surface area contributed by atoms with Crippen molar-refractivity contribution < 1.29 is 9.59 Å². The molecule has 0 bridgehead atoms. The summed E-state index contributed by atoms with van der Waals surface area (Å²) in [5.41, 5.74) is 10.6. The van der Waals surface area contributed by atoms with Crippen LogP contribution < -0.4 is 11.5 Å². The monoisotopic (exact) mass is 201 g/mol. The molecule has 5 nitrogen and oxygen atoms in total. The second-order valence-electron chi connectivity index (χ2n) is 3.54. The standard InChI is InChI=1S/C9H19N3O2/c1-4-7(10)9(14)12(6(2)3)5-8(11)13/h6-7H,4-5,10H2,1-3H3,(H2,11,13)/t7-/m0/s1. The molecule has 0 saturated heterocycles. The highest BCUT2D eigenvalue weighted by Crippen LogP contribution is 2.02. The average Bonchev–Trinajstić information content (AvgIpc) is 2.11. The van der Waals surface area contributed by atoms with Crippen LogP contribution in [0.4, 0.5) is 0 Å². The zero-order chi connectivity index (χ0) is 11.3. The number of hydrogen-bond acceptors (Lipinski definition) is 3. The van der Waals surface area contributed by atoms with Gasteiger partial charge in [-0.1, -0.05) is 6.92 Å². The third kappa shape index (κ3) is 3.74. The third-order valence-electron chi connectivity index (χ3n) is 1.99. The number of hydrogen-bond donors (Lipinski definition) is 2. The molecule has 0 aromatic heterocycles. The first kappa shape index (κ1) is 12.9. The normalized spacial score (nSPS) is 12.6. The lowest BCUT2D eigenvalue weighted by atomic mass is 10.2. The van der Waals surface area contributed by atoms with Crippen molar-refractivity contribution in [3.63, 3.8) is 0 Å². The quantitative estimate of drug-likeness (QED) is 0.625. The first-order chi connectivity index (χ1) is 6.40. The third-order valence-corrected chi connectivity index (χ3v) is 1.99. The second-order valence-corrected chi connectivity index (χ2v) is 3.54. The van der Waals surface area contributed by atoms with E-state index in [0.29, 0.717) is 6.42 Å². The van der Waals surface area contributed by atoms with Crippen LogP contribution in [-0.2, 0) is 9.59 Å². The van der Waals surface area contributed by atoms with E-state index in [4.69, 9.17) is 11.5 Å². The van der Waals surface area contributed by atoms with Gasteiger partial charge in [0.15, 0.2) is 0 Å². The highest BCUT2D eigenvalue weighted by atomic mass is 16.2. The summed E-state index contributed by atoms with van der Waals surface area (Å²) in [5.74, 6) is -0.739. The number of primary amides is 1. The molecule has 0 unspecified atom stereocenters. The maximum absolute atomic E-state index is 11.6. The first-order valence-corrected chi connectivity index (χ1v) is 4.74. The molecule has 0 aliphatic rings. The van der Waals surface area contributed by atoms with Crippen molar-refractivity contribution in [2.75, 3.05) is 6.54 Å². The van der Waals surface area contributed by atoms with Gasteiger partial charge in [-0.2, -0.15) is 0 Å². The maximum atomic E-state index is 11.6. The summed E-state index contributed by atoms with van der Waals surface area (Å²) < 4.78 is 0. The van der Waals surface area contributed by atoms with Crippen molar-refractivity contribution in [3.05, 3.63) is 0 Å². The van der Waals surface area contributed by atoms with Crippen LogP contribution >= 0.6 is 0 Å². The first-order valence-electron chi connectivity index (χ1n) is 4.74. The van der Waals surface area contributed by atoms with Gasteiger partial charge in [0, 0.05) is 6.04 Å². The summed E-state index contributed by atoms with van der Waals surface area (Å²) in [5, 5.41) is 0. The number of nitrogens with two attached hydrogens (primary N) is 2. The molecule has 0 fully saturated rings. The van der Waals surface area contributed by atoms with E-state index >= 15 is 0 Å². The van der Waals surface area contributed by atoms with Gasteiger partial charge in [-0.25, -0.2) is 0 Å². The Bertz CT molecular complexity index is 216. The van der Waals surface area contributed by atoms with E-state index in [1.807, 2.05) is 20.8 Å². The second kappa shape index (κ2) is 5.59. The van der Waals surface area contributed by atoms with Gasteiger partial charge in [0.05, 0.1) is 12.6 Å². The smallest absolute Gasteiger partial charge is 0.240 e. The summed E-state index contributed by atoms with van der Waals surface area (Å²) in [6.07, 6.45) is 0.556. The van der Waals surface area contributed by atoms with Crippen molar-refractivity contribution in [1.82, 2.24) is 4.90 Å². The average molecular weight is 201 g/mol. The Hall–Kier alpha value is -1.10. The van der Waals surface area contributed by atoms with Crippen LogP contribution in [0.15, 0.2) is 0 Å². The molecule has 82 valence electrons. The zero-order valence-corrected chi connectivity index (χ0v) is 8.99. The van der Waals surface area contributed by atoms with Crippen LogP contribution in [-0.4, -0.2) is 35.3 Å². The fourth-order valence-corrected chi connectivity index (χ4v) is 1.07. The SMILES string of the molecule is CC[C@H](N)C(=O)N(CC(N)=O)C(C)C. The van der Waals surface area contributed by atoms with Crippen LogP contribution in [0, 0.1) is 0 Å². The molecule has 0 aliphatic carbocycles. The molecular formula is C9H19N3O2. The Morgan fingerprint density at radius 3 is 2.14 bits per heavy atom. The molecule has 0 heterocycles. The van der Waals surface area contributed by atoms with E-state index in [1.54, 1.807) is 0 Å². The van der Waals surface area contributed by atoms with Crippen molar-refractivity contribution in [1.29, 1.82) is 0 Å². The summed E-state index contributed by atoms with van der Waals surface area (Å²) in [7, 11) is 0. The topological polar surface area (TPSA) is 89.4 Å². The molecule has 1 atom stereocenters. The van der Waals surface area contributed by atoms with Crippen LogP contribution in [0.5, 0.6) is 0 Å². The Kier molecular flexibility index (Phi) is 5.15.